The third kappa shape index (κ3) is 5.11. The third-order valence-electron chi connectivity index (χ3n) is 5.48. The first-order valence-corrected chi connectivity index (χ1v) is 10.6. The largest absolute Gasteiger partial charge is 0.487 e. The summed E-state index contributed by atoms with van der Waals surface area (Å²) in [7, 11) is 0. The molecular weight excluding hydrogens is 456 g/mol. The van der Waals surface area contributed by atoms with E-state index >= 15 is 0 Å². The molecule has 1 atom stereocenters. The van der Waals surface area contributed by atoms with Crippen LogP contribution in [0.15, 0.2) is 36.5 Å². The highest BCUT2D eigenvalue weighted by Crippen LogP contribution is 2.28. The monoisotopic (exact) mass is 477 g/mol. The molecule has 2 amide bonds. The Labute approximate surface area is 193 Å². The lowest BCUT2D eigenvalue weighted by atomic mass is 10.2. The van der Waals surface area contributed by atoms with Gasteiger partial charge in [-0.05, 0) is 42.5 Å². The first-order valence-electron chi connectivity index (χ1n) is 10.2. The molecule has 1 aromatic carbocycles. The maximum Gasteiger partial charge on any atom is 0.414 e. The predicted molar refractivity (Wildman–Crippen MR) is 120 cm³/mol. The highest BCUT2D eigenvalue weighted by molar-refractivity contribution is 7.79. The lowest BCUT2D eigenvalue weighted by molar-refractivity contribution is 0.0746. The summed E-state index contributed by atoms with van der Waals surface area (Å²) in [6.07, 6.45) is 0.0530. The van der Waals surface area contributed by atoms with E-state index in [9.17, 15) is 18.4 Å². The predicted octanol–water partition coefficient (Wildman–Crippen LogP) is 2.08. The first-order chi connectivity index (χ1) is 15.8. The van der Waals surface area contributed by atoms with Gasteiger partial charge in [-0.3, -0.25) is 9.69 Å². The van der Waals surface area contributed by atoms with Crippen LogP contribution in [-0.4, -0.2) is 77.5 Å². The van der Waals surface area contributed by atoms with Crippen molar-refractivity contribution in [2.24, 2.45) is 0 Å². The summed E-state index contributed by atoms with van der Waals surface area (Å²) in [5, 5.41) is 11.2. The summed E-state index contributed by atoms with van der Waals surface area (Å²) in [4.78, 5) is 33.0. The van der Waals surface area contributed by atoms with E-state index in [0.29, 0.717) is 43.1 Å². The first kappa shape index (κ1) is 22.6. The zero-order chi connectivity index (χ0) is 23.5. The van der Waals surface area contributed by atoms with Gasteiger partial charge >= 0.3 is 6.09 Å². The van der Waals surface area contributed by atoms with Crippen molar-refractivity contribution >= 4 is 40.8 Å². The molecule has 4 rings (SSSR count). The topological polar surface area (TPSA) is 98.2 Å². The number of aliphatic hydroxyl groups excluding tert-OH is 1. The average Bonchev–Trinajstić information content (AvgIpc) is 3.18. The smallest absolute Gasteiger partial charge is 0.414 e. The number of aromatic nitrogens is 1. The van der Waals surface area contributed by atoms with Crippen LogP contribution in [0.1, 0.15) is 10.4 Å². The minimum atomic E-state index is -0.654. The van der Waals surface area contributed by atoms with Crippen LogP contribution in [0.5, 0.6) is 0 Å². The highest BCUT2D eigenvalue weighted by atomic mass is 32.1. The van der Waals surface area contributed by atoms with E-state index in [-0.39, 0.29) is 19.0 Å². The van der Waals surface area contributed by atoms with Crippen LogP contribution in [0.4, 0.5) is 25.0 Å². The number of piperazine rings is 1. The molecule has 2 saturated heterocycles. The molecule has 0 saturated carbocycles. The molecule has 2 aromatic rings. The maximum absolute atomic E-state index is 14.9. The van der Waals surface area contributed by atoms with Crippen molar-refractivity contribution in [2.45, 2.75) is 6.10 Å². The summed E-state index contributed by atoms with van der Waals surface area (Å²) in [6.45, 7) is 1.91. The van der Waals surface area contributed by atoms with Crippen LogP contribution in [-0.2, 0) is 4.74 Å². The van der Waals surface area contributed by atoms with E-state index in [4.69, 9.17) is 9.84 Å². The minimum absolute atomic E-state index is 0.148. The number of pyridine rings is 1. The van der Waals surface area contributed by atoms with Crippen molar-refractivity contribution in [3.63, 3.8) is 0 Å². The fraction of sp³-hybridized carbons (Fsp3) is 0.333. The number of aliphatic hydroxyl groups is 1. The number of thiocarbonyl (C=S) groups is 1. The number of amides is 2. The Morgan fingerprint density at radius 1 is 1.21 bits per heavy atom. The van der Waals surface area contributed by atoms with Gasteiger partial charge in [0.15, 0.2) is 0 Å². The summed E-state index contributed by atoms with van der Waals surface area (Å²) in [5.41, 5.74) is 1.02. The van der Waals surface area contributed by atoms with E-state index < -0.39 is 29.1 Å². The van der Waals surface area contributed by atoms with Crippen molar-refractivity contribution in [3.05, 3.63) is 53.9 Å². The molecule has 1 unspecified atom stereocenters. The Bertz CT molecular complexity index is 1060. The molecule has 0 aliphatic carbocycles. The number of carbonyl (C=O) groups excluding carboxylic acids is 2. The number of cyclic esters (lactones) is 1. The number of rotatable bonds is 5. The van der Waals surface area contributed by atoms with Gasteiger partial charge in [-0.2, -0.15) is 4.39 Å². The molecule has 0 spiro atoms. The second kappa shape index (κ2) is 9.53. The molecule has 2 aliphatic rings. The van der Waals surface area contributed by atoms with Gasteiger partial charge in [0, 0.05) is 32.4 Å². The Morgan fingerprint density at radius 3 is 2.61 bits per heavy atom. The molecule has 2 aliphatic heterocycles. The zero-order valence-electron chi connectivity index (χ0n) is 17.4. The SMILES string of the molecule is O=C(c1ccc(F)nc1)N1CCN(c2ccc(N3CC(CNC(O)=S)OC3=O)cc2F)CC1. The molecule has 1 aromatic heterocycles. The third-order valence-corrected chi connectivity index (χ3v) is 5.62. The standard InChI is InChI=1S/C21H21F2N5O4S/c22-16-9-14(28-12-15(32-21(28)31)11-25-20(30)33)2-3-17(16)26-5-7-27(8-6-26)19(29)13-1-4-18(23)24-10-13/h1-4,9-10,15H,5-8,11-12H2,(H2,25,30,33). The van der Waals surface area contributed by atoms with E-state index in [1.807, 2.05) is 4.90 Å². The van der Waals surface area contributed by atoms with Crippen LogP contribution in [0.2, 0.25) is 0 Å². The Balaban J connectivity index is 1.37. The van der Waals surface area contributed by atoms with Gasteiger partial charge in [-0.15, -0.1) is 0 Å². The van der Waals surface area contributed by atoms with Crippen LogP contribution >= 0.6 is 12.2 Å². The number of hydrogen-bond acceptors (Lipinski definition) is 6. The second-order valence-corrected chi connectivity index (χ2v) is 7.97. The van der Waals surface area contributed by atoms with E-state index in [1.165, 1.54) is 23.2 Å². The van der Waals surface area contributed by atoms with E-state index in [2.05, 4.69) is 22.5 Å². The number of nitrogens with one attached hydrogen (secondary N) is 1. The molecule has 2 N–H and O–H groups in total. The minimum Gasteiger partial charge on any atom is -0.487 e. The zero-order valence-corrected chi connectivity index (χ0v) is 18.2. The number of hydrogen-bond donors (Lipinski definition) is 2. The number of benzene rings is 1. The molecule has 0 bridgehead atoms. The lowest BCUT2D eigenvalue weighted by Crippen LogP contribution is -2.49. The van der Waals surface area contributed by atoms with Crippen molar-refractivity contribution in [3.8, 4) is 0 Å². The number of anilines is 2. The van der Waals surface area contributed by atoms with Crippen molar-refractivity contribution < 1.29 is 28.2 Å². The van der Waals surface area contributed by atoms with Crippen molar-refractivity contribution in [2.75, 3.05) is 49.1 Å². The van der Waals surface area contributed by atoms with Gasteiger partial charge in [0.25, 0.3) is 11.1 Å². The molecule has 0 radical (unpaired) electrons. The van der Waals surface area contributed by atoms with Crippen LogP contribution < -0.4 is 15.1 Å². The normalized spacial score (nSPS) is 18.3. The van der Waals surface area contributed by atoms with E-state index in [1.54, 1.807) is 17.0 Å². The fourth-order valence-corrected chi connectivity index (χ4v) is 3.88. The van der Waals surface area contributed by atoms with Gasteiger partial charge in [-0.1, -0.05) is 0 Å². The Hall–Kier alpha value is -3.54. The van der Waals surface area contributed by atoms with E-state index in [0.717, 1.165) is 6.07 Å². The fourth-order valence-electron chi connectivity index (χ4n) is 3.80. The summed E-state index contributed by atoms with van der Waals surface area (Å²) < 4.78 is 33.1. The van der Waals surface area contributed by atoms with Crippen LogP contribution in [0.3, 0.4) is 0 Å². The molecule has 9 nitrogen and oxygen atoms in total. The van der Waals surface area contributed by atoms with Gasteiger partial charge in [0.05, 0.1) is 30.0 Å². The quantitative estimate of drug-likeness (QED) is 0.499. The molecular formula is C21H21F2N5O4S. The van der Waals surface area contributed by atoms with Gasteiger partial charge < -0.3 is 25.0 Å². The highest BCUT2D eigenvalue weighted by Gasteiger charge is 2.33. The average molecular weight is 477 g/mol. The number of carbonyl (C=O) groups is 2. The van der Waals surface area contributed by atoms with Gasteiger partial charge in [0.2, 0.25) is 5.95 Å². The van der Waals surface area contributed by atoms with Crippen LogP contribution in [0, 0.1) is 11.8 Å². The van der Waals surface area contributed by atoms with Crippen molar-refractivity contribution in [1.82, 2.24) is 15.2 Å². The Morgan fingerprint density at radius 2 is 1.97 bits per heavy atom. The van der Waals surface area contributed by atoms with Gasteiger partial charge in [-0.25, -0.2) is 14.2 Å². The van der Waals surface area contributed by atoms with Crippen LogP contribution in [0.25, 0.3) is 0 Å². The number of nitrogens with zero attached hydrogens (tertiary/aromatic N) is 4. The maximum atomic E-state index is 14.9. The lowest BCUT2D eigenvalue weighted by Gasteiger charge is -2.36. The van der Waals surface area contributed by atoms with Crippen molar-refractivity contribution in [1.29, 1.82) is 0 Å². The molecule has 12 heteroatoms. The summed E-state index contributed by atoms with van der Waals surface area (Å²) in [6, 6.07) is 7.01. The summed E-state index contributed by atoms with van der Waals surface area (Å²) >= 11 is 4.52. The Kier molecular flexibility index (Phi) is 6.54. The van der Waals surface area contributed by atoms with Gasteiger partial charge in [0.1, 0.15) is 11.9 Å². The number of ether oxygens (including phenoxy) is 1. The summed E-state index contributed by atoms with van der Waals surface area (Å²) in [5.74, 6) is -1.41. The molecule has 3 heterocycles. The molecule has 2 fully saturated rings. The molecule has 33 heavy (non-hydrogen) atoms. The number of halogens is 2. The molecule has 174 valence electrons. The second-order valence-electron chi connectivity index (χ2n) is 7.59.